The van der Waals surface area contributed by atoms with Gasteiger partial charge in [-0.3, -0.25) is 0 Å². The molecule has 10 unspecified atom stereocenters. The Morgan fingerprint density at radius 2 is 1.78 bits per heavy atom. The van der Waals surface area contributed by atoms with Crippen molar-refractivity contribution in [1.82, 2.24) is 0 Å². The molecule has 1 heterocycles. The molecule has 1 aliphatic heterocycles. The zero-order valence-electron chi connectivity index (χ0n) is 21.1. The second-order valence-corrected chi connectivity index (χ2v) is 10.9. The highest BCUT2D eigenvalue weighted by atomic mass is 16.7. The lowest BCUT2D eigenvalue weighted by molar-refractivity contribution is -0.312. The topological polar surface area (TPSA) is 194 Å². The highest BCUT2D eigenvalue weighted by molar-refractivity contribution is 5.97. The second-order valence-electron chi connectivity index (χ2n) is 10.9. The van der Waals surface area contributed by atoms with Crippen LogP contribution in [0.1, 0.15) is 39.5 Å². The number of carboxylic acids is 2. The normalized spacial score (nSPS) is 43.0. The van der Waals surface area contributed by atoms with Gasteiger partial charge in [-0.05, 0) is 37.0 Å². The summed E-state index contributed by atoms with van der Waals surface area (Å²) < 4.78 is 11.4. The van der Waals surface area contributed by atoms with Crippen LogP contribution < -0.4 is 0 Å². The fourth-order valence-corrected chi connectivity index (χ4v) is 6.45. The van der Waals surface area contributed by atoms with Crippen LogP contribution in [-0.4, -0.2) is 97.7 Å². The SMILES string of the molecule is C=C1CCC2C(C)(COC3OC(CO)C(O)C(O)C3O)C(O)CCC2(C)C1C=CC(=CC(=O)O)C(=O)O. The van der Waals surface area contributed by atoms with Gasteiger partial charge in [0.15, 0.2) is 6.29 Å². The predicted molar refractivity (Wildman–Crippen MR) is 129 cm³/mol. The van der Waals surface area contributed by atoms with Crippen molar-refractivity contribution in [3.63, 3.8) is 0 Å². The number of ether oxygens (including phenoxy) is 2. The molecule has 0 amide bonds. The molecule has 1 saturated heterocycles. The maximum absolute atomic E-state index is 11.5. The number of carboxylic acid groups (broad SMARTS) is 2. The molecule has 208 valence electrons. The van der Waals surface area contributed by atoms with E-state index < -0.39 is 66.2 Å². The molecule has 0 radical (unpaired) electrons. The summed E-state index contributed by atoms with van der Waals surface area (Å²) in [6.07, 6.45) is -2.00. The number of aliphatic hydroxyl groups excluding tert-OH is 5. The molecule has 10 atom stereocenters. The highest BCUT2D eigenvalue weighted by Gasteiger charge is 2.58. The quantitative estimate of drug-likeness (QED) is 0.130. The summed E-state index contributed by atoms with van der Waals surface area (Å²) in [4.78, 5) is 22.6. The van der Waals surface area contributed by atoms with E-state index in [1.54, 1.807) is 6.08 Å². The molecular formula is C26H38O11. The van der Waals surface area contributed by atoms with Gasteiger partial charge in [0.1, 0.15) is 24.4 Å². The van der Waals surface area contributed by atoms with Crippen molar-refractivity contribution in [3.05, 3.63) is 36.0 Å². The molecule has 0 aromatic carbocycles. The van der Waals surface area contributed by atoms with E-state index in [2.05, 4.69) is 6.58 Å². The van der Waals surface area contributed by atoms with Gasteiger partial charge in [0.05, 0.1) is 24.9 Å². The van der Waals surface area contributed by atoms with Crippen LogP contribution in [0.4, 0.5) is 0 Å². The average Bonchev–Trinajstić information content (AvgIpc) is 2.83. The number of rotatable bonds is 8. The number of hydrogen-bond acceptors (Lipinski definition) is 9. The molecule has 0 aromatic heterocycles. The molecule has 2 saturated carbocycles. The van der Waals surface area contributed by atoms with E-state index in [-0.39, 0.29) is 24.0 Å². The minimum Gasteiger partial charge on any atom is -0.478 e. The monoisotopic (exact) mass is 526 g/mol. The molecule has 0 spiro atoms. The fraction of sp³-hybridized carbons (Fsp3) is 0.692. The summed E-state index contributed by atoms with van der Waals surface area (Å²) in [7, 11) is 0. The van der Waals surface area contributed by atoms with E-state index in [4.69, 9.17) is 14.6 Å². The van der Waals surface area contributed by atoms with Gasteiger partial charge in [0, 0.05) is 17.4 Å². The van der Waals surface area contributed by atoms with E-state index in [1.165, 1.54) is 6.08 Å². The van der Waals surface area contributed by atoms with Crippen LogP contribution in [0.5, 0.6) is 0 Å². The van der Waals surface area contributed by atoms with E-state index in [9.17, 15) is 40.2 Å². The van der Waals surface area contributed by atoms with Crippen molar-refractivity contribution in [3.8, 4) is 0 Å². The molecule has 0 bridgehead atoms. The molecular weight excluding hydrogens is 488 g/mol. The highest BCUT2D eigenvalue weighted by Crippen LogP contribution is 2.61. The van der Waals surface area contributed by atoms with Crippen molar-refractivity contribution in [2.24, 2.45) is 22.7 Å². The third kappa shape index (κ3) is 5.68. The Kier molecular flexibility index (Phi) is 9.01. The first-order chi connectivity index (χ1) is 17.3. The van der Waals surface area contributed by atoms with Crippen LogP contribution in [0.2, 0.25) is 0 Å². The fourth-order valence-electron chi connectivity index (χ4n) is 6.45. The summed E-state index contributed by atoms with van der Waals surface area (Å²) in [6, 6.07) is 0. The molecule has 2 aliphatic carbocycles. The number of allylic oxidation sites excluding steroid dienone is 2. The molecule has 7 N–H and O–H groups in total. The van der Waals surface area contributed by atoms with Crippen molar-refractivity contribution < 1.29 is 54.8 Å². The Hall–Kier alpha value is -2.12. The Balaban J connectivity index is 1.86. The summed E-state index contributed by atoms with van der Waals surface area (Å²) >= 11 is 0. The largest absolute Gasteiger partial charge is 0.478 e. The first-order valence-electron chi connectivity index (χ1n) is 12.4. The van der Waals surface area contributed by atoms with E-state index in [1.807, 2.05) is 13.8 Å². The van der Waals surface area contributed by atoms with Gasteiger partial charge in [-0.25, -0.2) is 9.59 Å². The molecule has 37 heavy (non-hydrogen) atoms. The summed E-state index contributed by atoms with van der Waals surface area (Å²) in [5.41, 5.74) is -0.782. The van der Waals surface area contributed by atoms with Crippen LogP contribution in [0, 0.1) is 22.7 Å². The number of carbonyl (C=O) groups is 2. The van der Waals surface area contributed by atoms with Gasteiger partial charge < -0.3 is 45.2 Å². The lowest BCUT2D eigenvalue weighted by Gasteiger charge is -2.60. The van der Waals surface area contributed by atoms with Crippen molar-refractivity contribution in [1.29, 1.82) is 0 Å². The third-order valence-corrected chi connectivity index (χ3v) is 8.62. The molecule has 3 aliphatic rings. The maximum Gasteiger partial charge on any atom is 0.335 e. The van der Waals surface area contributed by atoms with Gasteiger partial charge in [-0.15, -0.1) is 0 Å². The first-order valence-corrected chi connectivity index (χ1v) is 12.4. The van der Waals surface area contributed by atoms with E-state index in [0.29, 0.717) is 31.8 Å². The van der Waals surface area contributed by atoms with E-state index >= 15 is 0 Å². The standard InChI is InChI=1S/C26H38O11/c1-13-4-7-17-25(2,15(13)6-5-14(23(34)35)10-19(29)30)9-8-18(28)26(17,3)12-36-24-22(33)21(32)20(31)16(11-27)37-24/h5-6,10,15-18,20-22,24,27-28,31-33H,1,4,7-9,11-12H2,2-3H3,(H,29,30)(H,34,35). The number of aliphatic hydroxyl groups is 5. The minimum absolute atomic E-state index is 0.0562. The summed E-state index contributed by atoms with van der Waals surface area (Å²) in [6.45, 7) is 7.45. The Morgan fingerprint density at radius 1 is 1.11 bits per heavy atom. The van der Waals surface area contributed by atoms with E-state index in [0.717, 1.165) is 5.57 Å². The maximum atomic E-state index is 11.5. The third-order valence-electron chi connectivity index (χ3n) is 8.62. The van der Waals surface area contributed by atoms with Gasteiger partial charge >= 0.3 is 11.9 Å². The molecule has 0 aromatic rings. The first kappa shape index (κ1) is 29.4. The van der Waals surface area contributed by atoms with Crippen LogP contribution in [0.3, 0.4) is 0 Å². The van der Waals surface area contributed by atoms with Crippen LogP contribution in [-0.2, 0) is 19.1 Å². The lowest BCUT2D eigenvalue weighted by Crippen LogP contribution is -2.61. The predicted octanol–water partition coefficient (Wildman–Crippen LogP) is 0.204. The molecule has 3 rings (SSSR count). The Labute approximate surface area is 215 Å². The molecule has 3 fully saturated rings. The molecule has 11 nitrogen and oxygen atoms in total. The van der Waals surface area contributed by atoms with Gasteiger partial charge in [0.2, 0.25) is 0 Å². The Bertz CT molecular complexity index is 943. The van der Waals surface area contributed by atoms with Gasteiger partial charge in [-0.1, -0.05) is 38.2 Å². The van der Waals surface area contributed by atoms with Crippen LogP contribution >= 0.6 is 0 Å². The zero-order valence-corrected chi connectivity index (χ0v) is 21.1. The van der Waals surface area contributed by atoms with Crippen LogP contribution in [0.25, 0.3) is 0 Å². The Morgan fingerprint density at radius 3 is 2.38 bits per heavy atom. The van der Waals surface area contributed by atoms with Crippen molar-refractivity contribution in [2.75, 3.05) is 13.2 Å². The van der Waals surface area contributed by atoms with Gasteiger partial charge in [0.25, 0.3) is 0 Å². The van der Waals surface area contributed by atoms with Crippen LogP contribution in [0.15, 0.2) is 36.0 Å². The zero-order chi connectivity index (χ0) is 27.7. The number of fused-ring (bicyclic) bond motifs is 1. The lowest BCUT2D eigenvalue weighted by atomic mass is 9.46. The summed E-state index contributed by atoms with van der Waals surface area (Å²) in [5.74, 6) is -3.15. The minimum atomic E-state index is -1.58. The summed E-state index contributed by atoms with van der Waals surface area (Å²) in [5, 5.41) is 69.4. The number of aliphatic carboxylic acids is 2. The number of hydrogen-bond donors (Lipinski definition) is 7. The second kappa shape index (κ2) is 11.3. The average molecular weight is 527 g/mol. The molecule has 11 heteroatoms. The van der Waals surface area contributed by atoms with Crippen molar-refractivity contribution >= 4 is 11.9 Å². The van der Waals surface area contributed by atoms with Gasteiger partial charge in [-0.2, -0.15) is 0 Å². The smallest absolute Gasteiger partial charge is 0.335 e. The van der Waals surface area contributed by atoms with Crippen molar-refractivity contribution in [2.45, 2.75) is 76.3 Å².